The van der Waals surface area contributed by atoms with Crippen molar-refractivity contribution in [2.24, 2.45) is 0 Å². The Labute approximate surface area is 93.1 Å². The number of hydrogen-bond acceptors (Lipinski definition) is 3. The molecule has 0 fully saturated rings. The Balaban J connectivity index is 2.57. The van der Waals surface area contributed by atoms with Gasteiger partial charge in [-0.2, -0.15) is 23.3 Å². The highest BCUT2D eigenvalue weighted by Crippen LogP contribution is 2.31. The molecule has 0 aliphatic heterocycles. The highest BCUT2D eigenvalue weighted by molar-refractivity contribution is 6.28. The van der Waals surface area contributed by atoms with Gasteiger partial charge in [0, 0.05) is 6.20 Å². The van der Waals surface area contributed by atoms with Crippen LogP contribution in [0.25, 0.3) is 11.0 Å². The van der Waals surface area contributed by atoms with Gasteiger partial charge >= 0.3 is 6.18 Å². The van der Waals surface area contributed by atoms with Crippen molar-refractivity contribution in [3.8, 4) is 0 Å². The van der Waals surface area contributed by atoms with Crippen LogP contribution in [0.15, 0.2) is 12.4 Å². The van der Waals surface area contributed by atoms with E-state index in [1.165, 1.54) is 12.4 Å². The van der Waals surface area contributed by atoms with E-state index in [0.29, 0.717) is 5.39 Å². The molecule has 0 radical (unpaired) electrons. The summed E-state index contributed by atoms with van der Waals surface area (Å²) in [5.74, 6) is 0. The molecule has 0 amide bonds. The lowest BCUT2D eigenvalue weighted by atomic mass is 10.3. The summed E-state index contributed by atoms with van der Waals surface area (Å²) in [6, 6.07) is -1.75. The van der Waals surface area contributed by atoms with Gasteiger partial charge < -0.3 is 0 Å². The lowest BCUT2D eigenvalue weighted by Crippen LogP contribution is -2.24. The first-order valence-corrected chi connectivity index (χ1v) is 4.70. The van der Waals surface area contributed by atoms with Crippen molar-refractivity contribution in [1.82, 2.24) is 19.7 Å². The van der Waals surface area contributed by atoms with Crippen LogP contribution < -0.4 is 0 Å². The number of alkyl halides is 3. The monoisotopic (exact) mass is 250 g/mol. The number of halogens is 4. The van der Waals surface area contributed by atoms with Gasteiger partial charge in [0.05, 0.1) is 11.6 Å². The predicted octanol–water partition coefficient (Wildman–Crippen LogP) is 2.60. The van der Waals surface area contributed by atoms with E-state index in [0.717, 1.165) is 11.6 Å². The molecular weight excluding hydrogens is 245 g/mol. The van der Waals surface area contributed by atoms with Crippen molar-refractivity contribution in [2.75, 3.05) is 0 Å². The van der Waals surface area contributed by atoms with E-state index in [2.05, 4.69) is 15.1 Å². The summed E-state index contributed by atoms with van der Waals surface area (Å²) < 4.78 is 38.3. The second kappa shape index (κ2) is 3.58. The molecule has 2 rings (SSSR count). The summed E-state index contributed by atoms with van der Waals surface area (Å²) in [6.45, 7) is 1.00. The van der Waals surface area contributed by atoms with Crippen LogP contribution in [0.3, 0.4) is 0 Å². The fourth-order valence-corrected chi connectivity index (χ4v) is 1.37. The first-order valence-electron chi connectivity index (χ1n) is 4.32. The summed E-state index contributed by atoms with van der Waals surface area (Å²) in [4.78, 5) is 7.39. The maximum absolute atomic E-state index is 12.5. The van der Waals surface area contributed by atoms with E-state index in [-0.39, 0.29) is 10.9 Å². The molecule has 8 heteroatoms. The standard InChI is InChI=1S/C8H6ClF3N4/c1-4(8(10,11)12)16-6-5(3-14-16)2-13-7(9)15-6/h2-4H,1H3. The van der Waals surface area contributed by atoms with Crippen molar-refractivity contribution in [3.63, 3.8) is 0 Å². The average Bonchev–Trinajstić information content (AvgIpc) is 2.57. The minimum Gasteiger partial charge on any atom is -0.235 e. The van der Waals surface area contributed by atoms with Crippen LogP contribution in [-0.2, 0) is 0 Å². The molecule has 0 aliphatic rings. The van der Waals surface area contributed by atoms with Gasteiger partial charge in [0.2, 0.25) is 5.28 Å². The van der Waals surface area contributed by atoms with Gasteiger partial charge in [-0.15, -0.1) is 0 Å². The van der Waals surface area contributed by atoms with Crippen LogP contribution in [-0.4, -0.2) is 25.9 Å². The highest BCUT2D eigenvalue weighted by Gasteiger charge is 2.38. The first kappa shape index (κ1) is 11.1. The number of rotatable bonds is 1. The average molecular weight is 251 g/mol. The van der Waals surface area contributed by atoms with Gasteiger partial charge in [0.1, 0.15) is 6.04 Å². The summed E-state index contributed by atoms with van der Waals surface area (Å²) in [5.41, 5.74) is 0.0739. The van der Waals surface area contributed by atoms with E-state index in [4.69, 9.17) is 11.6 Å². The Hall–Kier alpha value is -1.37. The topological polar surface area (TPSA) is 43.6 Å². The molecule has 0 aromatic carbocycles. The first-order chi connectivity index (χ1) is 7.39. The van der Waals surface area contributed by atoms with Crippen molar-refractivity contribution in [2.45, 2.75) is 19.1 Å². The van der Waals surface area contributed by atoms with Crippen LogP contribution in [0.5, 0.6) is 0 Å². The predicted molar refractivity (Wildman–Crippen MR) is 51.1 cm³/mol. The quantitative estimate of drug-likeness (QED) is 0.731. The largest absolute Gasteiger partial charge is 0.410 e. The van der Waals surface area contributed by atoms with E-state index in [9.17, 15) is 13.2 Å². The van der Waals surface area contributed by atoms with Crippen LogP contribution in [0, 0.1) is 0 Å². The van der Waals surface area contributed by atoms with Crippen LogP contribution in [0.1, 0.15) is 13.0 Å². The molecule has 0 N–H and O–H groups in total. The molecule has 2 aromatic rings. The lowest BCUT2D eigenvalue weighted by molar-refractivity contribution is -0.164. The Morgan fingerprint density at radius 1 is 1.38 bits per heavy atom. The summed E-state index contributed by atoms with van der Waals surface area (Å²) in [7, 11) is 0. The van der Waals surface area contributed by atoms with E-state index in [1.807, 2.05) is 0 Å². The van der Waals surface area contributed by atoms with Crippen molar-refractivity contribution >= 4 is 22.6 Å². The third-order valence-electron chi connectivity index (χ3n) is 2.15. The summed E-state index contributed by atoms with van der Waals surface area (Å²) in [5, 5.41) is 3.95. The molecule has 0 spiro atoms. The molecule has 1 unspecified atom stereocenters. The van der Waals surface area contributed by atoms with E-state index < -0.39 is 12.2 Å². The van der Waals surface area contributed by atoms with Crippen molar-refractivity contribution in [3.05, 3.63) is 17.7 Å². The number of fused-ring (bicyclic) bond motifs is 1. The van der Waals surface area contributed by atoms with Gasteiger partial charge in [-0.25, -0.2) is 9.67 Å². The second-order valence-electron chi connectivity index (χ2n) is 3.22. The fourth-order valence-electron chi connectivity index (χ4n) is 1.24. The third kappa shape index (κ3) is 1.82. The van der Waals surface area contributed by atoms with E-state index in [1.54, 1.807) is 0 Å². The molecule has 2 heterocycles. The lowest BCUT2D eigenvalue weighted by Gasteiger charge is -2.16. The SMILES string of the molecule is CC(n1ncc2cnc(Cl)nc21)C(F)(F)F. The Morgan fingerprint density at radius 3 is 2.69 bits per heavy atom. The zero-order chi connectivity index (χ0) is 11.9. The molecule has 0 saturated carbocycles. The minimum atomic E-state index is -4.38. The number of aromatic nitrogens is 4. The molecule has 1 atom stereocenters. The normalized spacial score (nSPS) is 14.3. The molecule has 2 aromatic heterocycles. The summed E-state index contributed by atoms with van der Waals surface area (Å²) >= 11 is 5.52. The van der Waals surface area contributed by atoms with Gasteiger partial charge in [-0.3, -0.25) is 0 Å². The maximum Gasteiger partial charge on any atom is 0.410 e. The second-order valence-corrected chi connectivity index (χ2v) is 3.56. The third-order valence-corrected chi connectivity index (χ3v) is 2.33. The zero-order valence-corrected chi connectivity index (χ0v) is 8.79. The van der Waals surface area contributed by atoms with Crippen LogP contribution in [0.4, 0.5) is 13.2 Å². The van der Waals surface area contributed by atoms with Gasteiger partial charge in [0.15, 0.2) is 5.65 Å². The molecule has 4 nitrogen and oxygen atoms in total. The van der Waals surface area contributed by atoms with Gasteiger partial charge in [0.25, 0.3) is 0 Å². The van der Waals surface area contributed by atoms with Crippen molar-refractivity contribution < 1.29 is 13.2 Å². The Morgan fingerprint density at radius 2 is 2.06 bits per heavy atom. The maximum atomic E-state index is 12.5. The smallest absolute Gasteiger partial charge is 0.235 e. The molecule has 0 saturated heterocycles. The van der Waals surface area contributed by atoms with Crippen LogP contribution in [0.2, 0.25) is 5.28 Å². The molecule has 0 bridgehead atoms. The zero-order valence-electron chi connectivity index (χ0n) is 8.03. The molecule has 16 heavy (non-hydrogen) atoms. The van der Waals surface area contributed by atoms with Crippen molar-refractivity contribution in [1.29, 1.82) is 0 Å². The number of hydrogen-bond donors (Lipinski definition) is 0. The minimum absolute atomic E-state index is 0.0739. The highest BCUT2D eigenvalue weighted by atomic mass is 35.5. The van der Waals surface area contributed by atoms with Gasteiger partial charge in [-0.05, 0) is 18.5 Å². The number of nitrogens with zero attached hydrogens (tertiary/aromatic N) is 4. The fraction of sp³-hybridized carbons (Fsp3) is 0.375. The molecular formula is C8H6ClF3N4. The Kier molecular flexibility index (Phi) is 2.49. The Bertz CT molecular complexity index is 521. The van der Waals surface area contributed by atoms with E-state index >= 15 is 0 Å². The van der Waals surface area contributed by atoms with Crippen LogP contribution >= 0.6 is 11.6 Å². The van der Waals surface area contributed by atoms with Gasteiger partial charge in [-0.1, -0.05) is 0 Å². The molecule has 86 valence electrons. The summed E-state index contributed by atoms with van der Waals surface area (Å²) in [6.07, 6.45) is -1.78. The molecule has 0 aliphatic carbocycles.